The maximum atomic E-state index is 12.0. The van der Waals surface area contributed by atoms with Crippen molar-refractivity contribution >= 4 is 5.91 Å². The molecule has 2 aromatic heterocycles. The van der Waals surface area contributed by atoms with Crippen LogP contribution in [0.2, 0.25) is 0 Å². The van der Waals surface area contributed by atoms with Crippen LogP contribution in [0.3, 0.4) is 0 Å². The molecule has 0 atom stereocenters. The first-order valence-corrected chi connectivity index (χ1v) is 6.04. The number of aliphatic hydroxyl groups excluding tert-OH is 1. The number of pyridine rings is 1. The number of rotatable bonds is 5. The van der Waals surface area contributed by atoms with E-state index >= 15 is 0 Å². The minimum Gasteiger partial charge on any atom is -0.453 e. The van der Waals surface area contributed by atoms with Gasteiger partial charge in [0, 0.05) is 26.0 Å². The molecule has 0 aliphatic rings. The molecule has 0 saturated carbocycles. The summed E-state index contributed by atoms with van der Waals surface area (Å²) in [6.07, 6.45) is 4.23. The summed E-state index contributed by atoms with van der Waals surface area (Å²) in [4.78, 5) is 17.6. The van der Waals surface area contributed by atoms with Crippen LogP contribution in [0.15, 0.2) is 41.1 Å². The van der Waals surface area contributed by atoms with E-state index in [1.165, 1.54) is 0 Å². The maximum absolute atomic E-state index is 12.0. The molecule has 1 N–H and O–H groups in total. The number of furan rings is 1. The first kappa shape index (κ1) is 13.3. The van der Waals surface area contributed by atoms with Crippen molar-refractivity contribution in [3.05, 3.63) is 53.7 Å². The zero-order chi connectivity index (χ0) is 13.7. The van der Waals surface area contributed by atoms with Gasteiger partial charge in [-0.3, -0.25) is 9.78 Å². The molecule has 0 aliphatic carbocycles. The van der Waals surface area contributed by atoms with E-state index in [9.17, 15) is 4.79 Å². The molecular weight excluding hydrogens is 244 g/mol. The van der Waals surface area contributed by atoms with Crippen molar-refractivity contribution in [1.29, 1.82) is 0 Å². The summed E-state index contributed by atoms with van der Waals surface area (Å²) in [5.41, 5.74) is 1.13. The number of amides is 1. The molecule has 0 spiro atoms. The Bertz CT molecular complexity index is 537. The third-order valence-corrected chi connectivity index (χ3v) is 2.86. The highest BCUT2D eigenvalue weighted by Gasteiger charge is 2.15. The van der Waals surface area contributed by atoms with Crippen molar-refractivity contribution in [1.82, 2.24) is 9.88 Å². The van der Waals surface area contributed by atoms with Gasteiger partial charge in [-0.2, -0.15) is 0 Å². The topological polar surface area (TPSA) is 66.6 Å². The van der Waals surface area contributed by atoms with Gasteiger partial charge in [0.1, 0.15) is 12.4 Å². The van der Waals surface area contributed by atoms with Crippen molar-refractivity contribution < 1.29 is 14.3 Å². The first-order valence-electron chi connectivity index (χ1n) is 6.04. The van der Waals surface area contributed by atoms with Gasteiger partial charge in [-0.1, -0.05) is 0 Å². The Labute approximate surface area is 111 Å². The fraction of sp³-hybridized carbons (Fsp3) is 0.286. The van der Waals surface area contributed by atoms with Gasteiger partial charge in [-0.05, 0) is 36.2 Å². The van der Waals surface area contributed by atoms with E-state index < -0.39 is 0 Å². The average Bonchev–Trinajstić information content (AvgIpc) is 2.94. The molecule has 0 aliphatic heterocycles. The Hall–Kier alpha value is -2.14. The molecule has 0 unspecified atom stereocenters. The highest BCUT2D eigenvalue weighted by atomic mass is 16.4. The second-order valence-electron chi connectivity index (χ2n) is 4.26. The molecule has 19 heavy (non-hydrogen) atoms. The van der Waals surface area contributed by atoms with Gasteiger partial charge >= 0.3 is 0 Å². The maximum Gasteiger partial charge on any atom is 0.289 e. The smallest absolute Gasteiger partial charge is 0.289 e. The number of aliphatic hydroxyl groups is 1. The van der Waals surface area contributed by atoms with Gasteiger partial charge in [0.05, 0.1) is 0 Å². The second kappa shape index (κ2) is 6.15. The zero-order valence-corrected chi connectivity index (χ0v) is 10.7. The van der Waals surface area contributed by atoms with E-state index in [1.807, 2.05) is 12.1 Å². The van der Waals surface area contributed by atoms with Gasteiger partial charge < -0.3 is 14.4 Å². The molecule has 0 saturated heterocycles. The van der Waals surface area contributed by atoms with Crippen LogP contribution in [0.25, 0.3) is 0 Å². The van der Waals surface area contributed by atoms with Crippen LogP contribution in [0.4, 0.5) is 0 Å². The van der Waals surface area contributed by atoms with Gasteiger partial charge in [0.25, 0.3) is 5.91 Å². The minimum absolute atomic E-state index is 0.186. The molecule has 0 radical (unpaired) electrons. The highest BCUT2D eigenvalue weighted by Crippen LogP contribution is 2.10. The molecule has 2 rings (SSSR count). The Morgan fingerprint density at radius 2 is 2.05 bits per heavy atom. The van der Waals surface area contributed by atoms with Crippen molar-refractivity contribution in [3.8, 4) is 0 Å². The summed E-state index contributed by atoms with van der Waals surface area (Å²) < 4.78 is 5.22. The fourth-order valence-electron chi connectivity index (χ4n) is 1.71. The van der Waals surface area contributed by atoms with Gasteiger partial charge in [0.2, 0.25) is 0 Å². The summed E-state index contributed by atoms with van der Waals surface area (Å²) in [5.74, 6) is 0.459. The largest absolute Gasteiger partial charge is 0.453 e. The molecule has 5 nitrogen and oxygen atoms in total. The molecule has 0 fully saturated rings. The van der Waals surface area contributed by atoms with E-state index in [0.29, 0.717) is 12.3 Å². The molecule has 2 heterocycles. The van der Waals surface area contributed by atoms with Crippen LogP contribution in [0.5, 0.6) is 0 Å². The molecule has 1 amide bonds. The fourth-order valence-corrected chi connectivity index (χ4v) is 1.71. The number of hydrogen-bond donors (Lipinski definition) is 1. The number of carbonyl (C=O) groups excluding carboxylic acids is 1. The molecule has 0 aromatic carbocycles. The minimum atomic E-state index is -0.200. The van der Waals surface area contributed by atoms with Gasteiger partial charge in [0.15, 0.2) is 5.76 Å². The third kappa shape index (κ3) is 3.42. The Kier molecular flexibility index (Phi) is 4.30. The molecule has 5 heteroatoms. The van der Waals surface area contributed by atoms with Crippen molar-refractivity contribution in [2.75, 3.05) is 13.6 Å². The van der Waals surface area contributed by atoms with E-state index in [-0.39, 0.29) is 18.3 Å². The average molecular weight is 260 g/mol. The van der Waals surface area contributed by atoms with Gasteiger partial charge in [-0.15, -0.1) is 0 Å². The Balaban J connectivity index is 1.92. The number of aromatic nitrogens is 1. The lowest BCUT2D eigenvalue weighted by molar-refractivity contribution is 0.0760. The van der Waals surface area contributed by atoms with Crippen LogP contribution in [-0.4, -0.2) is 34.5 Å². The van der Waals surface area contributed by atoms with Crippen molar-refractivity contribution in [2.45, 2.75) is 13.0 Å². The monoisotopic (exact) mass is 260 g/mol. The van der Waals surface area contributed by atoms with Crippen molar-refractivity contribution in [2.24, 2.45) is 0 Å². The SMILES string of the molecule is CN(CCc1ccncc1)C(=O)c1ccc(CO)o1. The molecule has 100 valence electrons. The summed E-state index contributed by atoms with van der Waals surface area (Å²) in [6, 6.07) is 7.03. The van der Waals surface area contributed by atoms with Crippen molar-refractivity contribution in [3.63, 3.8) is 0 Å². The zero-order valence-electron chi connectivity index (χ0n) is 10.7. The lowest BCUT2D eigenvalue weighted by atomic mass is 10.2. The van der Waals surface area contributed by atoms with E-state index in [0.717, 1.165) is 12.0 Å². The number of nitrogens with zero attached hydrogens (tertiary/aromatic N) is 2. The number of likely N-dealkylation sites (N-methyl/N-ethyl adjacent to an activating group) is 1. The van der Waals surface area contributed by atoms with Crippen LogP contribution < -0.4 is 0 Å². The standard InChI is InChI=1S/C14H16N2O3/c1-16(9-6-11-4-7-15-8-5-11)14(18)13-3-2-12(10-17)19-13/h2-5,7-8,17H,6,9-10H2,1H3. The van der Waals surface area contributed by atoms with E-state index in [4.69, 9.17) is 9.52 Å². The normalized spacial score (nSPS) is 10.4. The summed E-state index contributed by atoms with van der Waals surface area (Å²) >= 11 is 0. The van der Waals surface area contributed by atoms with E-state index in [1.54, 1.807) is 36.5 Å². The second-order valence-corrected chi connectivity index (χ2v) is 4.26. The van der Waals surface area contributed by atoms with Crippen LogP contribution >= 0.6 is 0 Å². The number of carbonyl (C=O) groups is 1. The quantitative estimate of drug-likeness (QED) is 0.884. The van der Waals surface area contributed by atoms with Crippen LogP contribution in [0, 0.1) is 0 Å². The molecular formula is C14H16N2O3. The third-order valence-electron chi connectivity index (χ3n) is 2.86. The summed E-state index contributed by atoms with van der Waals surface area (Å²) in [7, 11) is 1.73. The number of hydrogen-bond acceptors (Lipinski definition) is 4. The van der Waals surface area contributed by atoms with Crippen LogP contribution in [0.1, 0.15) is 21.9 Å². The Morgan fingerprint density at radius 1 is 1.32 bits per heavy atom. The highest BCUT2D eigenvalue weighted by molar-refractivity contribution is 5.91. The lowest BCUT2D eigenvalue weighted by Gasteiger charge is -2.15. The van der Waals surface area contributed by atoms with E-state index in [2.05, 4.69) is 4.98 Å². The van der Waals surface area contributed by atoms with Gasteiger partial charge in [-0.25, -0.2) is 0 Å². The Morgan fingerprint density at radius 3 is 2.68 bits per heavy atom. The molecule has 0 bridgehead atoms. The summed E-state index contributed by atoms with van der Waals surface area (Å²) in [6.45, 7) is 0.395. The lowest BCUT2D eigenvalue weighted by Crippen LogP contribution is -2.28. The predicted molar refractivity (Wildman–Crippen MR) is 69.5 cm³/mol. The van der Waals surface area contributed by atoms with Crippen LogP contribution in [-0.2, 0) is 13.0 Å². The summed E-state index contributed by atoms with van der Waals surface area (Å²) in [5, 5.41) is 8.90. The molecule has 2 aromatic rings. The first-order chi connectivity index (χ1) is 9.20. The predicted octanol–water partition coefficient (Wildman–Crippen LogP) is 1.48.